The number of rotatable bonds is 62. The Labute approximate surface area is 462 Å². The van der Waals surface area contributed by atoms with Gasteiger partial charge in [-0.1, -0.05) is 328 Å². The van der Waals surface area contributed by atoms with Crippen LogP contribution in [0.2, 0.25) is 0 Å². The van der Waals surface area contributed by atoms with Gasteiger partial charge in [0.25, 0.3) is 0 Å². The molecule has 0 aliphatic carbocycles. The highest BCUT2D eigenvalue weighted by Gasteiger charge is 2.19. The van der Waals surface area contributed by atoms with E-state index in [1.54, 1.807) is 0 Å². The van der Waals surface area contributed by atoms with Gasteiger partial charge >= 0.3 is 17.9 Å². The minimum absolute atomic E-state index is 0.0642. The molecule has 0 spiro atoms. The largest absolute Gasteiger partial charge is 0.462 e. The molecule has 0 rings (SSSR count). The van der Waals surface area contributed by atoms with Crippen molar-refractivity contribution in [3.8, 4) is 0 Å². The first-order chi connectivity index (χ1) is 36.5. The molecule has 0 amide bonds. The maximum atomic E-state index is 12.9. The van der Waals surface area contributed by atoms with Crippen molar-refractivity contribution in [2.24, 2.45) is 0 Å². The molecular weight excluding hydrogens is 913 g/mol. The molecule has 436 valence electrons. The number of esters is 3. The molecule has 0 saturated carbocycles. The third kappa shape index (κ3) is 60.8. The summed E-state index contributed by atoms with van der Waals surface area (Å²) in [5.41, 5.74) is 0. The first-order valence-electron chi connectivity index (χ1n) is 33.3. The van der Waals surface area contributed by atoms with Crippen molar-refractivity contribution in [1.82, 2.24) is 0 Å². The first kappa shape index (κ1) is 71.9. The van der Waals surface area contributed by atoms with Crippen LogP contribution in [0.15, 0.2) is 24.3 Å². The number of ether oxygens (including phenoxy) is 3. The summed E-state index contributed by atoms with van der Waals surface area (Å²) in [6.07, 6.45) is 76.3. The molecule has 0 aliphatic rings. The fraction of sp³-hybridized carbons (Fsp3) is 0.897. The predicted molar refractivity (Wildman–Crippen MR) is 321 cm³/mol. The van der Waals surface area contributed by atoms with Crippen molar-refractivity contribution in [2.45, 2.75) is 380 Å². The van der Waals surface area contributed by atoms with E-state index in [1.165, 1.54) is 270 Å². The second-order valence-corrected chi connectivity index (χ2v) is 22.7. The van der Waals surface area contributed by atoms with Crippen LogP contribution in [0.5, 0.6) is 0 Å². The Balaban J connectivity index is 4.16. The van der Waals surface area contributed by atoms with Gasteiger partial charge in [-0.3, -0.25) is 14.4 Å². The Bertz CT molecular complexity index is 1190. The van der Waals surface area contributed by atoms with Crippen LogP contribution in [-0.4, -0.2) is 37.2 Å². The van der Waals surface area contributed by atoms with Crippen molar-refractivity contribution in [1.29, 1.82) is 0 Å². The molecule has 1 unspecified atom stereocenters. The van der Waals surface area contributed by atoms with E-state index in [0.29, 0.717) is 19.3 Å². The molecular formula is C68H128O6. The van der Waals surface area contributed by atoms with Crippen LogP contribution in [0.25, 0.3) is 0 Å². The van der Waals surface area contributed by atoms with E-state index in [9.17, 15) is 14.4 Å². The molecule has 1 atom stereocenters. The average Bonchev–Trinajstić information content (AvgIpc) is 3.40. The third-order valence-corrected chi connectivity index (χ3v) is 15.2. The highest BCUT2D eigenvalue weighted by molar-refractivity contribution is 5.71. The van der Waals surface area contributed by atoms with Gasteiger partial charge in [-0.15, -0.1) is 0 Å². The van der Waals surface area contributed by atoms with Gasteiger partial charge in [-0.05, 0) is 51.4 Å². The van der Waals surface area contributed by atoms with Gasteiger partial charge < -0.3 is 14.2 Å². The molecule has 0 aromatic carbocycles. The topological polar surface area (TPSA) is 78.9 Å². The second kappa shape index (κ2) is 63.4. The van der Waals surface area contributed by atoms with E-state index in [2.05, 4.69) is 45.1 Å². The zero-order valence-electron chi connectivity index (χ0n) is 50.1. The monoisotopic (exact) mass is 1040 g/mol. The molecule has 0 saturated heterocycles. The standard InChI is InChI=1S/C68H128O6/c1-4-7-10-13-16-19-22-24-26-28-30-31-32-33-34-35-36-37-38-40-41-43-46-49-52-55-58-61-67(70)73-64-65(63-72-66(69)60-57-54-51-48-45-21-18-15-12-9-6-3)74-68(71)62-59-56-53-50-47-44-42-39-29-27-25-23-20-17-14-11-8-5-2/h22,24,28,30,65H,4-21,23,25-27,29,31-64H2,1-3H3/b24-22-,30-28-. The summed E-state index contributed by atoms with van der Waals surface area (Å²) in [6.45, 7) is 6.69. The lowest BCUT2D eigenvalue weighted by atomic mass is 10.0. The average molecular weight is 1040 g/mol. The van der Waals surface area contributed by atoms with Crippen LogP contribution in [-0.2, 0) is 28.6 Å². The lowest BCUT2D eigenvalue weighted by Gasteiger charge is -2.18. The maximum Gasteiger partial charge on any atom is 0.306 e. The molecule has 0 aliphatic heterocycles. The van der Waals surface area contributed by atoms with E-state index in [1.807, 2.05) is 0 Å². The molecule has 74 heavy (non-hydrogen) atoms. The highest BCUT2D eigenvalue weighted by Crippen LogP contribution is 2.18. The lowest BCUT2D eigenvalue weighted by Crippen LogP contribution is -2.30. The quantitative estimate of drug-likeness (QED) is 0.0261. The Kier molecular flexibility index (Phi) is 61.6. The summed E-state index contributed by atoms with van der Waals surface area (Å²) in [7, 11) is 0. The fourth-order valence-electron chi connectivity index (χ4n) is 10.2. The van der Waals surface area contributed by atoms with Gasteiger partial charge in [0.05, 0.1) is 0 Å². The van der Waals surface area contributed by atoms with Crippen molar-refractivity contribution >= 4 is 17.9 Å². The van der Waals surface area contributed by atoms with E-state index in [0.717, 1.165) is 64.2 Å². The van der Waals surface area contributed by atoms with Gasteiger partial charge in [0.2, 0.25) is 0 Å². The van der Waals surface area contributed by atoms with E-state index < -0.39 is 6.10 Å². The maximum absolute atomic E-state index is 12.9. The van der Waals surface area contributed by atoms with E-state index >= 15 is 0 Å². The Hall–Kier alpha value is -2.11. The fourth-order valence-corrected chi connectivity index (χ4v) is 10.2. The summed E-state index contributed by atoms with van der Waals surface area (Å²) in [6, 6.07) is 0. The summed E-state index contributed by atoms with van der Waals surface area (Å²) in [5.74, 6) is -0.836. The summed E-state index contributed by atoms with van der Waals surface area (Å²) < 4.78 is 16.9. The third-order valence-electron chi connectivity index (χ3n) is 15.2. The van der Waals surface area contributed by atoms with Crippen LogP contribution in [0.4, 0.5) is 0 Å². The van der Waals surface area contributed by atoms with Crippen LogP contribution in [0, 0.1) is 0 Å². The number of hydrogen-bond donors (Lipinski definition) is 0. The van der Waals surface area contributed by atoms with Gasteiger partial charge in [0, 0.05) is 19.3 Å². The number of allylic oxidation sites excluding steroid dienone is 4. The van der Waals surface area contributed by atoms with Gasteiger partial charge in [0.15, 0.2) is 6.10 Å². The van der Waals surface area contributed by atoms with Crippen molar-refractivity contribution in [3.05, 3.63) is 24.3 Å². The SMILES string of the molecule is CCCCCCC/C=C\C/C=C\CCCCCCCCCCCCCCCCCC(=O)OCC(COC(=O)CCCCCCCCCCCCC)OC(=O)CCCCCCCCCCCCCCCCCCCC. The first-order valence-corrected chi connectivity index (χ1v) is 33.3. The van der Waals surface area contributed by atoms with Crippen LogP contribution >= 0.6 is 0 Å². The summed E-state index contributed by atoms with van der Waals surface area (Å²) in [4.78, 5) is 38.3. The van der Waals surface area contributed by atoms with Gasteiger partial charge in [-0.25, -0.2) is 0 Å². The van der Waals surface area contributed by atoms with Gasteiger partial charge in [-0.2, -0.15) is 0 Å². The molecule has 0 aromatic rings. The molecule has 0 aromatic heterocycles. The lowest BCUT2D eigenvalue weighted by molar-refractivity contribution is -0.167. The van der Waals surface area contributed by atoms with Crippen molar-refractivity contribution < 1.29 is 28.6 Å². The van der Waals surface area contributed by atoms with Crippen LogP contribution in [0.3, 0.4) is 0 Å². The normalized spacial score (nSPS) is 12.1. The highest BCUT2D eigenvalue weighted by atomic mass is 16.6. The number of hydrogen-bond acceptors (Lipinski definition) is 6. The molecule has 6 nitrogen and oxygen atoms in total. The Morgan fingerprint density at radius 1 is 0.270 bits per heavy atom. The van der Waals surface area contributed by atoms with E-state index in [4.69, 9.17) is 14.2 Å². The number of carbonyl (C=O) groups is 3. The Morgan fingerprint density at radius 2 is 0.486 bits per heavy atom. The minimum atomic E-state index is -0.765. The number of unbranched alkanes of at least 4 members (excludes halogenated alkanes) is 47. The Morgan fingerprint density at radius 3 is 0.743 bits per heavy atom. The molecule has 0 fully saturated rings. The van der Waals surface area contributed by atoms with Crippen molar-refractivity contribution in [3.63, 3.8) is 0 Å². The zero-order valence-corrected chi connectivity index (χ0v) is 50.1. The van der Waals surface area contributed by atoms with Crippen LogP contribution in [0.1, 0.15) is 374 Å². The van der Waals surface area contributed by atoms with Gasteiger partial charge in [0.1, 0.15) is 13.2 Å². The van der Waals surface area contributed by atoms with Crippen LogP contribution < -0.4 is 0 Å². The summed E-state index contributed by atoms with van der Waals surface area (Å²) >= 11 is 0. The smallest absolute Gasteiger partial charge is 0.306 e. The zero-order chi connectivity index (χ0) is 53.6. The number of carbonyl (C=O) groups excluding carboxylic acids is 3. The molecule has 0 heterocycles. The molecule has 0 radical (unpaired) electrons. The predicted octanol–water partition coefficient (Wildman–Crippen LogP) is 22.6. The minimum Gasteiger partial charge on any atom is -0.462 e. The summed E-state index contributed by atoms with van der Waals surface area (Å²) in [5, 5.41) is 0. The molecule has 0 N–H and O–H groups in total. The molecule has 0 bridgehead atoms. The van der Waals surface area contributed by atoms with Crippen molar-refractivity contribution in [2.75, 3.05) is 13.2 Å². The van der Waals surface area contributed by atoms with E-state index in [-0.39, 0.29) is 31.1 Å². The second-order valence-electron chi connectivity index (χ2n) is 22.7. The molecule has 6 heteroatoms.